The zero-order valence-electron chi connectivity index (χ0n) is 14.0. The van der Waals surface area contributed by atoms with Crippen LogP contribution in [-0.4, -0.2) is 58.2 Å². The van der Waals surface area contributed by atoms with Crippen LogP contribution in [0.15, 0.2) is 17.3 Å². The summed E-state index contributed by atoms with van der Waals surface area (Å²) in [6.45, 7) is 3.35. The van der Waals surface area contributed by atoms with Gasteiger partial charge in [-0.1, -0.05) is 4.49 Å². The van der Waals surface area contributed by atoms with Crippen LogP contribution in [0.2, 0.25) is 0 Å². The molecule has 9 nitrogen and oxygen atoms in total. The van der Waals surface area contributed by atoms with E-state index in [1.165, 1.54) is 17.1 Å². The van der Waals surface area contributed by atoms with E-state index in [0.717, 1.165) is 24.4 Å². The minimum Gasteiger partial charge on any atom is -0.338 e. The Balaban J connectivity index is 1.51. The Bertz CT molecular complexity index is 852. The first kappa shape index (κ1) is 18.0. The predicted molar refractivity (Wildman–Crippen MR) is 91.7 cm³/mol. The number of hydrogen-bond donors (Lipinski definition) is 1. The molecule has 25 heavy (non-hydrogen) atoms. The highest BCUT2D eigenvalue weighted by atomic mass is 32.2. The van der Waals surface area contributed by atoms with Crippen LogP contribution in [-0.2, 0) is 17.1 Å². The molecule has 1 fully saturated rings. The predicted octanol–water partition coefficient (Wildman–Crippen LogP) is 0.411. The van der Waals surface area contributed by atoms with Crippen LogP contribution in [0.5, 0.6) is 0 Å². The zero-order valence-corrected chi connectivity index (χ0v) is 15.7. The third kappa shape index (κ3) is 4.05. The molecule has 1 amide bonds. The quantitative estimate of drug-likeness (QED) is 0.799. The van der Waals surface area contributed by atoms with Gasteiger partial charge in [0, 0.05) is 32.9 Å². The normalized spacial score (nSPS) is 16.3. The Hall–Kier alpha value is -1.85. The van der Waals surface area contributed by atoms with E-state index in [1.807, 2.05) is 0 Å². The molecular weight excluding hydrogens is 364 g/mol. The summed E-state index contributed by atoms with van der Waals surface area (Å²) in [7, 11) is -1.87. The van der Waals surface area contributed by atoms with Crippen molar-refractivity contribution < 1.29 is 13.2 Å². The first-order valence-corrected chi connectivity index (χ1v) is 10.2. The van der Waals surface area contributed by atoms with Crippen molar-refractivity contribution in [1.29, 1.82) is 0 Å². The summed E-state index contributed by atoms with van der Waals surface area (Å²) in [5, 5.41) is 7.75. The lowest BCUT2D eigenvalue weighted by Crippen LogP contribution is -2.41. The Labute approximate surface area is 150 Å². The molecule has 3 rings (SSSR count). The molecule has 0 atom stereocenters. The van der Waals surface area contributed by atoms with Gasteiger partial charge >= 0.3 is 0 Å². The van der Waals surface area contributed by atoms with Gasteiger partial charge in [0.1, 0.15) is 9.77 Å². The zero-order chi connectivity index (χ0) is 18.0. The van der Waals surface area contributed by atoms with Crippen molar-refractivity contribution in [3.8, 4) is 0 Å². The van der Waals surface area contributed by atoms with Gasteiger partial charge in [-0.25, -0.2) is 13.1 Å². The van der Waals surface area contributed by atoms with E-state index >= 15 is 0 Å². The SMILES string of the molecule is Cc1nnsc1C(=O)N1CCC(CNS(=O)(=O)c2cnn(C)c2)CC1. The molecule has 2 aromatic rings. The number of nitrogens with zero attached hydrogens (tertiary/aromatic N) is 5. The number of amides is 1. The second-order valence-electron chi connectivity index (χ2n) is 6.12. The third-order valence-corrected chi connectivity index (χ3v) is 6.50. The second kappa shape index (κ2) is 7.18. The monoisotopic (exact) mass is 384 g/mol. The lowest BCUT2D eigenvalue weighted by atomic mass is 9.97. The highest BCUT2D eigenvalue weighted by Gasteiger charge is 2.27. The largest absolute Gasteiger partial charge is 0.338 e. The number of piperidine rings is 1. The van der Waals surface area contributed by atoms with Crippen LogP contribution < -0.4 is 4.72 Å². The molecule has 0 saturated carbocycles. The molecule has 11 heteroatoms. The van der Waals surface area contributed by atoms with Crippen molar-refractivity contribution in [3.05, 3.63) is 23.0 Å². The number of hydrogen-bond acceptors (Lipinski definition) is 7. The van der Waals surface area contributed by atoms with Crippen molar-refractivity contribution in [1.82, 2.24) is 29.0 Å². The molecule has 0 radical (unpaired) electrons. The summed E-state index contributed by atoms with van der Waals surface area (Å²) in [5.74, 6) is 0.165. The number of rotatable bonds is 5. The van der Waals surface area contributed by atoms with Gasteiger partial charge in [0.2, 0.25) is 10.0 Å². The van der Waals surface area contributed by atoms with Gasteiger partial charge in [-0.05, 0) is 37.2 Å². The molecule has 1 aliphatic rings. The van der Waals surface area contributed by atoms with E-state index in [0.29, 0.717) is 30.2 Å². The summed E-state index contributed by atoms with van der Waals surface area (Å²) in [6.07, 6.45) is 4.31. The number of aryl methyl sites for hydroxylation is 2. The molecular formula is C14H20N6O3S2. The van der Waals surface area contributed by atoms with Crippen LogP contribution in [0.3, 0.4) is 0 Å². The molecule has 1 aliphatic heterocycles. The van der Waals surface area contributed by atoms with Crippen LogP contribution in [0.4, 0.5) is 0 Å². The standard InChI is InChI=1S/C14H20N6O3S2/c1-10-13(24-18-17-10)14(21)20-5-3-11(4-6-20)7-16-25(22,23)12-8-15-19(2)9-12/h8-9,11,16H,3-7H2,1-2H3. The maximum atomic E-state index is 12.4. The maximum Gasteiger partial charge on any atom is 0.267 e. The summed E-state index contributed by atoms with van der Waals surface area (Å²) < 4.78 is 32.3. The molecule has 0 aliphatic carbocycles. The van der Waals surface area contributed by atoms with Crippen molar-refractivity contribution in [3.63, 3.8) is 0 Å². The third-order valence-electron chi connectivity index (χ3n) is 4.30. The molecule has 136 valence electrons. The molecule has 2 aromatic heterocycles. The van der Waals surface area contributed by atoms with E-state index in [2.05, 4.69) is 19.4 Å². The highest BCUT2D eigenvalue weighted by Crippen LogP contribution is 2.21. The number of carbonyl (C=O) groups excluding carboxylic acids is 1. The number of sulfonamides is 1. The average molecular weight is 384 g/mol. The fraction of sp³-hybridized carbons (Fsp3) is 0.571. The van der Waals surface area contributed by atoms with Crippen LogP contribution in [0.1, 0.15) is 28.2 Å². The van der Waals surface area contributed by atoms with Gasteiger partial charge in [-0.3, -0.25) is 9.48 Å². The van der Waals surface area contributed by atoms with E-state index in [-0.39, 0.29) is 16.7 Å². The summed E-state index contributed by atoms with van der Waals surface area (Å²) in [5.41, 5.74) is 0.654. The van der Waals surface area contributed by atoms with Crippen molar-refractivity contribution in [2.24, 2.45) is 13.0 Å². The number of nitrogens with one attached hydrogen (secondary N) is 1. The van der Waals surface area contributed by atoms with Gasteiger partial charge in [0.05, 0.1) is 11.9 Å². The average Bonchev–Trinajstić information content (AvgIpc) is 3.22. The second-order valence-corrected chi connectivity index (χ2v) is 8.65. The molecule has 0 bridgehead atoms. The molecule has 3 heterocycles. The van der Waals surface area contributed by atoms with Crippen molar-refractivity contribution in [2.75, 3.05) is 19.6 Å². The van der Waals surface area contributed by atoms with E-state index in [4.69, 9.17) is 0 Å². The van der Waals surface area contributed by atoms with Crippen LogP contribution >= 0.6 is 11.5 Å². The van der Waals surface area contributed by atoms with Crippen molar-refractivity contribution in [2.45, 2.75) is 24.7 Å². The molecule has 0 unspecified atom stereocenters. The molecule has 1 N–H and O–H groups in total. The summed E-state index contributed by atoms with van der Waals surface area (Å²) in [4.78, 5) is 15.0. The lowest BCUT2D eigenvalue weighted by Gasteiger charge is -2.31. The first-order valence-electron chi connectivity index (χ1n) is 7.93. The van der Waals surface area contributed by atoms with E-state index < -0.39 is 10.0 Å². The smallest absolute Gasteiger partial charge is 0.267 e. The molecule has 0 aromatic carbocycles. The van der Waals surface area contributed by atoms with Crippen molar-refractivity contribution >= 4 is 27.5 Å². The highest BCUT2D eigenvalue weighted by molar-refractivity contribution is 7.89. The van der Waals surface area contributed by atoms with Gasteiger partial charge in [0.15, 0.2) is 0 Å². The molecule has 0 spiro atoms. The number of aromatic nitrogens is 4. The fourth-order valence-electron chi connectivity index (χ4n) is 2.76. The maximum absolute atomic E-state index is 12.4. The first-order chi connectivity index (χ1) is 11.9. The minimum absolute atomic E-state index is 0.0399. The van der Waals surface area contributed by atoms with Gasteiger partial charge in [-0.2, -0.15) is 5.10 Å². The van der Waals surface area contributed by atoms with Crippen LogP contribution in [0.25, 0.3) is 0 Å². The fourth-order valence-corrected chi connectivity index (χ4v) is 4.48. The topological polar surface area (TPSA) is 110 Å². The lowest BCUT2D eigenvalue weighted by molar-refractivity contribution is 0.0696. The number of carbonyl (C=O) groups is 1. The summed E-state index contributed by atoms with van der Waals surface area (Å²) in [6, 6.07) is 0. The minimum atomic E-state index is -3.54. The van der Waals surface area contributed by atoms with Gasteiger partial charge < -0.3 is 4.90 Å². The Morgan fingerprint density at radius 3 is 2.68 bits per heavy atom. The van der Waals surface area contributed by atoms with E-state index in [1.54, 1.807) is 18.9 Å². The molecule has 1 saturated heterocycles. The Kier molecular flexibility index (Phi) is 5.16. The van der Waals surface area contributed by atoms with Crippen LogP contribution in [0, 0.1) is 12.8 Å². The van der Waals surface area contributed by atoms with E-state index in [9.17, 15) is 13.2 Å². The number of likely N-dealkylation sites (tertiary alicyclic amines) is 1. The Morgan fingerprint density at radius 1 is 1.40 bits per heavy atom. The van der Waals surface area contributed by atoms with Gasteiger partial charge in [0.25, 0.3) is 5.91 Å². The summed E-state index contributed by atoms with van der Waals surface area (Å²) >= 11 is 1.11. The Morgan fingerprint density at radius 2 is 2.12 bits per heavy atom. The van der Waals surface area contributed by atoms with Gasteiger partial charge in [-0.15, -0.1) is 5.10 Å².